The van der Waals surface area contributed by atoms with Crippen molar-refractivity contribution in [2.24, 2.45) is 0 Å². The van der Waals surface area contributed by atoms with Crippen molar-refractivity contribution in [3.8, 4) is 17.2 Å². The average Bonchev–Trinajstić information content (AvgIpc) is 3.31. The number of aromatic hydroxyl groups is 3. The number of ether oxygens (including phenoxy) is 2. The summed E-state index contributed by atoms with van der Waals surface area (Å²) in [4.78, 5) is 76.5. The van der Waals surface area contributed by atoms with Crippen LogP contribution < -0.4 is 5.32 Å². The maximum absolute atomic E-state index is 12.2. The van der Waals surface area contributed by atoms with Crippen LogP contribution in [0.4, 0.5) is 9.59 Å². The summed E-state index contributed by atoms with van der Waals surface area (Å²) in [6.07, 6.45) is 7.14. The third-order valence-electron chi connectivity index (χ3n) is 11.2. The molecule has 69 heavy (non-hydrogen) atoms. The summed E-state index contributed by atoms with van der Waals surface area (Å²) < 4.78 is 10.9. The van der Waals surface area contributed by atoms with E-state index in [1.165, 1.54) is 35.1 Å². The Balaban J connectivity index is 0.000000341. The number of likely N-dealkylation sites (tertiary alicyclic amines) is 2. The van der Waals surface area contributed by atoms with Crippen LogP contribution in [0.15, 0.2) is 97.1 Å². The van der Waals surface area contributed by atoms with Crippen LogP contribution in [0.1, 0.15) is 126 Å². The fraction of sp³-hybridized carbons (Fsp3) is 0.453. The zero-order valence-electron chi connectivity index (χ0n) is 40.5. The Hall–Kier alpha value is -7.08. The lowest BCUT2D eigenvalue weighted by Gasteiger charge is -2.33. The molecule has 16 nitrogen and oxygen atoms in total. The Morgan fingerprint density at radius 2 is 0.884 bits per heavy atom. The number of phenols is 3. The molecule has 0 bridgehead atoms. The summed E-state index contributed by atoms with van der Waals surface area (Å²) in [5.41, 5.74) is 5.06. The molecule has 0 aromatic heterocycles. The first-order valence-electron chi connectivity index (χ1n) is 22.9. The van der Waals surface area contributed by atoms with Crippen molar-refractivity contribution in [3.05, 3.63) is 125 Å². The number of carbonyl (C=O) groups is 2. The van der Waals surface area contributed by atoms with Gasteiger partial charge in [-0.1, -0.05) is 66.7 Å². The van der Waals surface area contributed by atoms with E-state index in [0.29, 0.717) is 48.1 Å². The number of piperidine rings is 3. The van der Waals surface area contributed by atoms with Gasteiger partial charge < -0.3 is 39.9 Å². The Morgan fingerprint density at radius 3 is 1.26 bits per heavy atom. The van der Waals surface area contributed by atoms with Gasteiger partial charge in [-0.25, -0.2) is 9.59 Å². The molecule has 0 aliphatic carbocycles. The minimum absolute atomic E-state index is 0.221. The number of hydrogen-bond donors (Lipinski definition) is 4. The molecule has 3 aliphatic heterocycles. The van der Waals surface area contributed by atoms with Crippen LogP contribution in [0.25, 0.3) is 0 Å². The molecule has 16 heteroatoms. The molecular weight excluding hydrogens is 887 g/mol. The molecule has 0 spiro atoms. The second kappa shape index (κ2) is 30.3. The molecule has 3 aliphatic rings. The number of benzene rings is 4. The van der Waals surface area contributed by atoms with Gasteiger partial charge in [0.25, 0.3) is 0 Å². The van der Waals surface area contributed by atoms with E-state index in [0.717, 1.165) is 63.8 Å². The zero-order chi connectivity index (χ0) is 51.4. The van der Waals surface area contributed by atoms with Gasteiger partial charge in [-0.2, -0.15) is 28.8 Å². The lowest BCUT2D eigenvalue weighted by Crippen LogP contribution is -2.41. The molecule has 2 amide bonds. The number of hydrogen-bond acceptors (Lipinski definition) is 14. The first kappa shape index (κ1) is 58.0. The summed E-state index contributed by atoms with van der Waals surface area (Å²) in [7, 11) is 0. The molecule has 0 atom stereocenters. The van der Waals surface area contributed by atoms with Gasteiger partial charge in [0.15, 0.2) is 0 Å². The highest BCUT2D eigenvalue weighted by molar-refractivity contribution is 5.68. The maximum atomic E-state index is 12.2. The first-order chi connectivity index (χ1) is 32.8. The van der Waals surface area contributed by atoms with E-state index < -0.39 is 11.2 Å². The van der Waals surface area contributed by atoms with Gasteiger partial charge in [-0.3, -0.25) is 0 Å². The van der Waals surface area contributed by atoms with E-state index >= 15 is 0 Å². The topological polar surface area (TPSA) is 234 Å². The summed E-state index contributed by atoms with van der Waals surface area (Å²) in [5.74, 6) is 2.53. The van der Waals surface area contributed by atoms with Crippen molar-refractivity contribution in [2.75, 3.05) is 39.3 Å². The van der Waals surface area contributed by atoms with Gasteiger partial charge in [0, 0.05) is 32.6 Å². The Morgan fingerprint density at radius 1 is 0.536 bits per heavy atom. The monoisotopic (exact) mass is 953 g/mol. The molecule has 3 fully saturated rings. The summed E-state index contributed by atoms with van der Waals surface area (Å²) in [6.45, 7) is 16.4. The van der Waals surface area contributed by atoms with Crippen molar-refractivity contribution in [1.82, 2.24) is 15.1 Å². The molecule has 4 N–H and O–H groups in total. The second-order valence-electron chi connectivity index (χ2n) is 18.5. The van der Waals surface area contributed by atoms with E-state index in [9.17, 15) is 19.8 Å². The minimum Gasteiger partial charge on any atom is -0.508 e. The molecule has 3 heterocycles. The molecule has 0 saturated carbocycles. The normalized spacial score (nSPS) is 14.9. The first-order valence-corrected chi connectivity index (χ1v) is 22.9. The predicted octanol–water partition coefficient (Wildman–Crippen LogP) is 8.71. The minimum atomic E-state index is -0.461. The van der Waals surface area contributed by atoms with Crippen LogP contribution in [0.2, 0.25) is 0 Å². The molecule has 0 unspecified atom stereocenters. The van der Waals surface area contributed by atoms with Crippen LogP contribution in [0, 0.1) is 0 Å². The van der Waals surface area contributed by atoms with Gasteiger partial charge in [-0.05, 0) is 169 Å². The highest BCUT2D eigenvalue weighted by Crippen LogP contribution is 2.33. The standard InChI is InChI=1S/C23H29NO3.C16H23NO3.C11H15NO.3CO2/c1-23(2,3)27-22(26)24-13-11-18(12-14-24)19-9-10-21(25)20(16-19)15-17-7-5-4-6-8-17;1-16(2,3)20-15(19)17-10-8-13(9-11-17)12-4-6-14(18)7-5-12;13-11-3-1-9(2-4-11)10-5-7-12-8-6-10;3*2-1-3/h4-10,16,18,25H,11-15H2,1-3H3;4-7,13,18H,8-11H2,1-3H3;1-4,10,12-13H,5-8H2;;;. The highest BCUT2D eigenvalue weighted by atomic mass is 16.6. The third-order valence-corrected chi connectivity index (χ3v) is 11.2. The summed E-state index contributed by atoms with van der Waals surface area (Å²) in [6, 6.07) is 31.1. The second-order valence-corrected chi connectivity index (χ2v) is 18.5. The molecule has 0 radical (unpaired) electrons. The summed E-state index contributed by atoms with van der Waals surface area (Å²) in [5, 5.41) is 32.0. The molecule has 4 aromatic rings. The highest BCUT2D eigenvalue weighted by Gasteiger charge is 2.29. The number of rotatable bonds is 5. The van der Waals surface area contributed by atoms with Crippen LogP contribution in [0.3, 0.4) is 0 Å². The van der Waals surface area contributed by atoms with Crippen molar-refractivity contribution in [3.63, 3.8) is 0 Å². The van der Waals surface area contributed by atoms with E-state index in [4.69, 9.17) is 43.3 Å². The van der Waals surface area contributed by atoms with Gasteiger partial charge >= 0.3 is 30.6 Å². The van der Waals surface area contributed by atoms with Crippen molar-refractivity contribution in [1.29, 1.82) is 0 Å². The van der Waals surface area contributed by atoms with E-state index in [1.807, 2.05) is 90.1 Å². The van der Waals surface area contributed by atoms with Crippen LogP contribution in [0.5, 0.6) is 17.2 Å². The van der Waals surface area contributed by atoms with E-state index in [1.54, 1.807) is 40.1 Å². The van der Waals surface area contributed by atoms with Crippen molar-refractivity contribution < 1.29 is 63.1 Å². The smallest absolute Gasteiger partial charge is 0.410 e. The molecule has 3 saturated heterocycles. The van der Waals surface area contributed by atoms with Crippen LogP contribution >= 0.6 is 0 Å². The molecular formula is C53H67N3O13. The maximum Gasteiger partial charge on any atom is 0.410 e. The zero-order valence-corrected chi connectivity index (χ0v) is 40.5. The summed E-state index contributed by atoms with van der Waals surface area (Å²) >= 11 is 0. The fourth-order valence-corrected chi connectivity index (χ4v) is 7.91. The molecule has 7 rings (SSSR count). The van der Waals surface area contributed by atoms with Gasteiger partial charge in [-0.15, -0.1) is 0 Å². The molecule has 4 aromatic carbocycles. The number of nitrogens with zero attached hydrogens (tertiary/aromatic N) is 2. The Bertz CT molecular complexity index is 2190. The SMILES string of the molecule is CC(C)(C)OC(=O)N1CCC(c2ccc(O)c(Cc3ccccc3)c2)CC1.CC(C)(C)OC(=O)N1CCC(c2ccc(O)cc2)CC1.O=C=O.O=C=O.O=C=O.Oc1ccc(C2CCNCC2)cc1. The van der Waals surface area contributed by atoms with Gasteiger partial charge in [0.2, 0.25) is 0 Å². The quantitative estimate of drug-likeness (QED) is 0.147. The van der Waals surface area contributed by atoms with E-state index in [-0.39, 0.29) is 30.6 Å². The van der Waals surface area contributed by atoms with Crippen LogP contribution in [-0.4, -0.2) is 106 Å². The lowest BCUT2D eigenvalue weighted by molar-refractivity contribution is -0.193. The predicted molar refractivity (Wildman–Crippen MR) is 253 cm³/mol. The third kappa shape index (κ3) is 23.0. The number of amides is 2. The van der Waals surface area contributed by atoms with Crippen LogP contribution in [-0.2, 0) is 44.7 Å². The number of phenolic OH excluding ortho intramolecular Hbond substituents is 3. The Labute approximate surface area is 404 Å². The lowest BCUT2D eigenvalue weighted by atomic mass is 9.87. The Kier molecular flexibility index (Phi) is 25.5. The molecule has 372 valence electrons. The fourth-order valence-electron chi connectivity index (χ4n) is 7.91. The van der Waals surface area contributed by atoms with Gasteiger partial charge in [0.1, 0.15) is 28.5 Å². The van der Waals surface area contributed by atoms with E-state index in [2.05, 4.69) is 23.5 Å². The van der Waals surface area contributed by atoms with Gasteiger partial charge in [0.05, 0.1) is 0 Å². The van der Waals surface area contributed by atoms with Crippen molar-refractivity contribution in [2.45, 2.75) is 115 Å². The number of carbonyl (C=O) groups excluding carboxylic acids is 8. The largest absolute Gasteiger partial charge is 0.508 e. The number of nitrogens with one attached hydrogen (secondary N) is 1. The van der Waals surface area contributed by atoms with Crippen molar-refractivity contribution >= 4 is 30.6 Å². The average molecular weight is 954 g/mol.